The predicted octanol–water partition coefficient (Wildman–Crippen LogP) is 3.69. The van der Waals surface area contributed by atoms with Crippen LogP contribution in [0.15, 0.2) is 23.1 Å². The van der Waals surface area contributed by atoms with Gasteiger partial charge in [-0.2, -0.15) is 5.26 Å². The third-order valence-electron chi connectivity index (χ3n) is 4.26. The van der Waals surface area contributed by atoms with E-state index in [9.17, 15) is 13.7 Å². The average molecular weight is 291 g/mol. The molecule has 0 unspecified atom stereocenters. The van der Waals surface area contributed by atoms with Crippen LogP contribution >= 0.6 is 0 Å². The van der Waals surface area contributed by atoms with E-state index in [0.29, 0.717) is 17.7 Å². The summed E-state index contributed by atoms with van der Waals surface area (Å²) in [7, 11) is -3.61. The molecule has 1 aromatic rings. The lowest BCUT2D eigenvalue weighted by molar-refractivity contribution is 0.522. The van der Waals surface area contributed by atoms with Crippen molar-refractivity contribution in [1.82, 2.24) is 0 Å². The van der Waals surface area contributed by atoms with Crippen LogP contribution < -0.4 is 0 Å². The van der Waals surface area contributed by atoms with Crippen LogP contribution in [0.4, 0.5) is 0 Å². The summed E-state index contributed by atoms with van der Waals surface area (Å²) in [5.74, 6) is 0. The van der Waals surface area contributed by atoms with Crippen molar-refractivity contribution in [3.8, 4) is 6.07 Å². The van der Waals surface area contributed by atoms with Crippen molar-refractivity contribution in [2.24, 2.45) is 0 Å². The van der Waals surface area contributed by atoms with E-state index < -0.39 is 14.6 Å². The van der Waals surface area contributed by atoms with Gasteiger partial charge < -0.3 is 0 Å². The van der Waals surface area contributed by atoms with Crippen molar-refractivity contribution in [3.05, 3.63) is 29.3 Å². The fourth-order valence-corrected chi connectivity index (χ4v) is 5.15. The van der Waals surface area contributed by atoms with Crippen LogP contribution in [0.1, 0.15) is 49.7 Å². The smallest absolute Gasteiger partial charge is 0.197 e. The molecule has 20 heavy (non-hydrogen) atoms. The highest BCUT2D eigenvalue weighted by Gasteiger charge is 2.45. The van der Waals surface area contributed by atoms with E-state index in [1.165, 1.54) is 0 Å². The summed E-state index contributed by atoms with van der Waals surface area (Å²) in [6.07, 6.45) is 4.59. The van der Waals surface area contributed by atoms with Crippen LogP contribution in [0, 0.1) is 25.2 Å². The molecule has 0 radical (unpaired) electrons. The van der Waals surface area contributed by atoms with Gasteiger partial charge in [0.05, 0.1) is 11.0 Å². The molecule has 0 heterocycles. The topological polar surface area (TPSA) is 57.9 Å². The first-order valence-corrected chi connectivity index (χ1v) is 8.64. The molecule has 108 valence electrons. The Balaban J connectivity index is 2.57. The van der Waals surface area contributed by atoms with Crippen LogP contribution in [-0.2, 0) is 9.84 Å². The van der Waals surface area contributed by atoms with Crippen molar-refractivity contribution in [1.29, 1.82) is 5.26 Å². The lowest BCUT2D eigenvalue weighted by Crippen LogP contribution is -2.37. The van der Waals surface area contributed by atoms with Crippen molar-refractivity contribution in [3.63, 3.8) is 0 Å². The van der Waals surface area contributed by atoms with E-state index in [-0.39, 0.29) is 0 Å². The van der Waals surface area contributed by atoms with Gasteiger partial charge in [0.25, 0.3) is 0 Å². The summed E-state index contributed by atoms with van der Waals surface area (Å²) in [4.78, 5) is 0.334. The number of sulfone groups is 1. The Hall–Kier alpha value is -1.34. The first kappa shape index (κ1) is 15.1. The quantitative estimate of drug-likeness (QED) is 0.781. The van der Waals surface area contributed by atoms with E-state index in [0.717, 1.165) is 36.8 Å². The minimum atomic E-state index is -3.61. The van der Waals surface area contributed by atoms with Gasteiger partial charge in [0, 0.05) is 0 Å². The molecule has 0 saturated heterocycles. The Morgan fingerprint density at radius 3 is 2.25 bits per heavy atom. The van der Waals surface area contributed by atoms with Crippen molar-refractivity contribution < 1.29 is 8.42 Å². The number of hydrogen-bond donors (Lipinski definition) is 0. The predicted molar refractivity (Wildman–Crippen MR) is 79.1 cm³/mol. The van der Waals surface area contributed by atoms with Crippen LogP contribution in [-0.4, -0.2) is 13.2 Å². The molecule has 2 rings (SSSR count). The lowest BCUT2D eigenvalue weighted by atomic mass is 10.0. The van der Waals surface area contributed by atoms with Gasteiger partial charge in [-0.15, -0.1) is 0 Å². The summed E-state index contributed by atoms with van der Waals surface area (Å²) in [6.45, 7) is 3.68. The maximum Gasteiger partial charge on any atom is 0.197 e. The second-order valence-electron chi connectivity index (χ2n) is 5.79. The van der Waals surface area contributed by atoms with Gasteiger partial charge in [0.1, 0.15) is 0 Å². The fourth-order valence-electron chi connectivity index (χ4n) is 2.95. The molecule has 0 bridgehead atoms. The second-order valence-corrected chi connectivity index (χ2v) is 8.02. The molecule has 0 atom stereocenters. The zero-order valence-corrected chi connectivity index (χ0v) is 13.0. The molecule has 1 aromatic carbocycles. The third kappa shape index (κ3) is 2.47. The van der Waals surface area contributed by atoms with Gasteiger partial charge in [0.15, 0.2) is 14.6 Å². The average Bonchev–Trinajstić information content (AvgIpc) is 2.68. The number of nitrogens with zero attached hydrogens (tertiary/aromatic N) is 1. The Bertz CT molecular complexity index is 633. The molecule has 0 aliphatic heterocycles. The largest absolute Gasteiger partial charge is 0.222 e. The minimum absolute atomic E-state index is 0.334. The maximum atomic E-state index is 13.0. The standard InChI is InChI=1S/C16H21NO2S/c1-13-7-8-14(2)15(11-13)20(18,19)16(12-17)9-5-3-4-6-10-16/h7-8,11H,3-6,9-10H2,1-2H3. The number of rotatable bonds is 2. The summed E-state index contributed by atoms with van der Waals surface area (Å²) >= 11 is 0. The highest BCUT2D eigenvalue weighted by atomic mass is 32.2. The second kappa shape index (κ2) is 5.57. The number of benzene rings is 1. The number of nitriles is 1. The van der Waals surface area contributed by atoms with Gasteiger partial charge >= 0.3 is 0 Å². The van der Waals surface area contributed by atoms with Crippen LogP contribution in [0.25, 0.3) is 0 Å². The van der Waals surface area contributed by atoms with Crippen LogP contribution in [0.5, 0.6) is 0 Å². The van der Waals surface area contributed by atoms with E-state index >= 15 is 0 Å². The molecule has 0 aromatic heterocycles. The van der Waals surface area contributed by atoms with E-state index in [2.05, 4.69) is 6.07 Å². The molecule has 4 heteroatoms. The summed E-state index contributed by atoms with van der Waals surface area (Å²) in [5.41, 5.74) is 1.64. The normalized spacial score (nSPS) is 19.1. The fraction of sp³-hybridized carbons (Fsp3) is 0.562. The Kier molecular flexibility index (Phi) is 4.19. The molecule has 0 amide bonds. The van der Waals surface area contributed by atoms with Crippen molar-refractivity contribution in [2.75, 3.05) is 0 Å². The SMILES string of the molecule is Cc1ccc(C)c(S(=O)(=O)C2(C#N)CCCCCC2)c1. The first-order chi connectivity index (χ1) is 9.43. The molecule has 0 spiro atoms. The van der Waals surface area contributed by atoms with Crippen molar-refractivity contribution in [2.45, 2.75) is 62.0 Å². The molecular weight excluding hydrogens is 270 g/mol. The minimum Gasteiger partial charge on any atom is -0.222 e. The van der Waals surface area contributed by atoms with Gasteiger partial charge in [-0.1, -0.05) is 37.8 Å². The molecule has 1 aliphatic rings. The third-order valence-corrected chi connectivity index (χ3v) is 6.81. The highest BCUT2D eigenvalue weighted by molar-refractivity contribution is 7.93. The number of aryl methyl sites for hydroxylation is 2. The van der Waals surface area contributed by atoms with Gasteiger partial charge in [0.2, 0.25) is 0 Å². The monoisotopic (exact) mass is 291 g/mol. The lowest BCUT2D eigenvalue weighted by Gasteiger charge is -2.26. The van der Waals surface area contributed by atoms with Crippen LogP contribution in [0.2, 0.25) is 0 Å². The molecule has 1 saturated carbocycles. The maximum absolute atomic E-state index is 13.0. The summed E-state index contributed by atoms with van der Waals surface area (Å²) < 4.78 is 24.9. The van der Waals surface area contributed by atoms with Gasteiger partial charge in [-0.05, 0) is 43.9 Å². The van der Waals surface area contributed by atoms with E-state index in [1.54, 1.807) is 13.0 Å². The molecule has 1 fully saturated rings. The Morgan fingerprint density at radius 1 is 1.10 bits per heavy atom. The van der Waals surface area contributed by atoms with Gasteiger partial charge in [-0.3, -0.25) is 0 Å². The van der Waals surface area contributed by atoms with E-state index in [4.69, 9.17) is 0 Å². The molecule has 1 aliphatic carbocycles. The zero-order valence-electron chi connectivity index (χ0n) is 12.1. The molecule has 0 N–H and O–H groups in total. The molecular formula is C16H21NO2S. The first-order valence-electron chi connectivity index (χ1n) is 7.16. The van der Waals surface area contributed by atoms with Crippen molar-refractivity contribution >= 4 is 9.84 Å². The summed E-state index contributed by atoms with van der Waals surface area (Å²) in [5, 5.41) is 9.59. The zero-order chi connectivity index (χ0) is 14.8. The van der Waals surface area contributed by atoms with E-state index in [1.807, 2.05) is 19.1 Å². The Morgan fingerprint density at radius 2 is 1.70 bits per heavy atom. The van der Waals surface area contributed by atoms with Crippen LogP contribution in [0.3, 0.4) is 0 Å². The highest BCUT2D eigenvalue weighted by Crippen LogP contribution is 2.38. The summed E-state index contributed by atoms with van der Waals surface area (Å²) in [6, 6.07) is 7.58. The molecule has 3 nitrogen and oxygen atoms in total. The number of hydrogen-bond acceptors (Lipinski definition) is 3. The van der Waals surface area contributed by atoms with Gasteiger partial charge in [-0.25, -0.2) is 8.42 Å². The Labute approximate surface area is 121 Å².